The van der Waals surface area contributed by atoms with Crippen LogP contribution in [0, 0.1) is 6.92 Å². The van der Waals surface area contributed by atoms with Gasteiger partial charge in [-0.3, -0.25) is 4.79 Å². The maximum Gasteiger partial charge on any atom is 0.416 e. The van der Waals surface area contributed by atoms with Crippen LogP contribution in [0.15, 0.2) is 48.5 Å². The summed E-state index contributed by atoms with van der Waals surface area (Å²) in [4.78, 5) is 31.2. The Morgan fingerprint density at radius 2 is 1.92 bits per heavy atom. The van der Waals surface area contributed by atoms with Gasteiger partial charge in [-0.25, -0.2) is 9.78 Å². The number of hydrogen-bond donors (Lipinski definition) is 1. The summed E-state index contributed by atoms with van der Waals surface area (Å²) >= 11 is 1.18. The molecule has 0 spiro atoms. The molecule has 1 aliphatic rings. The highest BCUT2D eigenvalue weighted by molar-refractivity contribution is 7.17. The van der Waals surface area contributed by atoms with Crippen molar-refractivity contribution in [3.05, 3.63) is 70.2 Å². The number of aromatic nitrogens is 1. The predicted molar refractivity (Wildman–Crippen MR) is 129 cm³/mol. The normalized spacial score (nSPS) is 17.0. The van der Waals surface area contributed by atoms with E-state index in [4.69, 9.17) is 9.84 Å². The van der Waals surface area contributed by atoms with E-state index in [0.717, 1.165) is 30.5 Å². The number of thiazole rings is 1. The number of aliphatic carboxylic acids is 1. The molecule has 2 aromatic carbocycles. The van der Waals surface area contributed by atoms with Crippen molar-refractivity contribution >= 4 is 23.2 Å². The number of aryl methyl sites for hydroxylation is 1. The van der Waals surface area contributed by atoms with E-state index in [1.54, 1.807) is 17.9 Å². The molecule has 6 nitrogen and oxygen atoms in total. The molecule has 0 aliphatic carbocycles. The van der Waals surface area contributed by atoms with Crippen LogP contribution < -0.4 is 4.74 Å². The summed E-state index contributed by atoms with van der Waals surface area (Å²) in [5.74, 6) is -0.676. The zero-order valence-electron chi connectivity index (χ0n) is 19.7. The molecular formula is C26H25F3N2O4S. The minimum absolute atomic E-state index is 0.0639. The Labute approximate surface area is 210 Å². The fourth-order valence-corrected chi connectivity index (χ4v) is 5.23. The van der Waals surface area contributed by atoms with Crippen molar-refractivity contribution in [2.75, 3.05) is 13.1 Å². The van der Waals surface area contributed by atoms with Gasteiger partial charge in [-0.15, -0.1) is 11.3 Å². The Balaban J connectivity index is 1.49. The van der Waals surface area contributed by atoms with Gasteiger partial charge in [0.25, 0.3) is 5.91 Å². The number of carboxylic acid groups (broad SMARTS) is 1. The maximum atomic E-state index is 13.4. The van der Waals surface area contributed by atoms with Gasteiger partial charge in [-0.05, 0) is 56.5 Å². The second-order valence-corrected chi connectivity index (χ2v) is 9.77. The van der Waals surface area contributed by atoms with Crippen LogP contribution >= 0.6 is 11.3 Å². The molecular weight excluding hydrogens is 493 g/mol. The van der Waals surface area contributed by atoms with Gasteiger partial charge in [0, 0.05) is 24.6 Å². The van der Waals surface area contributed by atoms with Crippen molar-refractivity contribution in [1.29, 1.82) is 0 Å². The van der Waals surface area contributed by atoms with Crippen LogP contribution in [0.1, 0.15) is 52.2 Å². The first kappa shape index (κ1) is 25.7. The number of piperidine rings is 1. The largest absolute Gasteiger partial charge is 0.479 e. The van der Waals surface area contributed by atoms with Gasteiger partial charge < -0.3 is 14.7 Å². The topological polar surface area (TPSA) is 79.7 Å². The maximum absolute atomic E-state index is 13.4. The number of benzene rings is 2. The van der Waals surface area contributed by atoms with E-state index >= 15 is 0 Å². The summed E-state index contributed by atoms with van der Waals surface area (Å²) in [5.41, 5.74) is 1.30. The Morgan fingerprint density at radius 3 is 2.58 bits per heavy atom. The van der Waals surface area contributed by atoms with E-state index in [1.165, 1.54) is 30.4 Å². The molecule has 2 atom stereocenters. The molecule has 10 heteroatoms. The fourth-order valence-electron chi connectivity index (χ4n) is 4.19. The van der Waals surface area contributed by atoms with Crippen molar-refractivity contribution in [1.82, 2.24) is 9.88 Å². The Morgan fingerprint density at radius 1 is 1.19 bits per heavy atom. The lowest BCUT2D eigenvalue weighted by Crippen LogP contribution is -2.39. The Hall–Kier alpha value is -3.40. The average Bonchev–Trinajstić information content (AvgIpc) is 3.24. The third-order valence-electron chi connectivity index (χ3n) is 6.15. The molecule has 1 saturated heterocycles. The van der Waals surface area contributed by atoms with Crippen LogP contribution in [0.5, 0.6) is 5.75 Å². The van der Waals surface area contributed by atoms with Crippen molar-refractivity contribution in [3.8, 4) is 16.3 Å². The van der Waals surface area contributed by atoms with Crippen molar-refractivity contribution < 1.29 is 32.6 Å². The molecule has 190 valence electrons. The number of carbonyl (C=O) groups is 2. The number of amides is 1. The molecule has 1 amide bonds. The number of carboxylic acids is 1. The number of alkyl halides is 3. The molecule has 1 aliphatic heterocycles. The lowest BCUT2D eigenvalue weighted by Gasteiger charge is -2.33. The Kier molecular flexibility index (Phi) is 7.35. The molecule has 3 aromatic rings. The number of halogens is 3. The molecule has 0 radical (unpaired) electrons. The van der Waals surface area contributed by atoms with E-state index in [0.29, 0.717) is 40.0 Å². The van der Waals surface area contributed by atoms with Crippen LogP contribution in [-0.4, -0.2) is 46.1 Å². The van der Waals surface area contributed by atoms with E-state index in [2.05, 4.69) is 4.98 Å². The number of hydrogen-bond acceptors (Lipinski definition) is 5. The van der Waals surface area contributed by atoms with Gasteiger partial charge >= 0.3 is 12.1 Å². The average molecular weight is 519 g/mol. The number of ether oxygens (including phenoxy) is 1. The lowest BCUT2D eigenvalue weighted by atomic mass is 9.90. The van der Waals surface area contributed by atoms with Crippen LogP contribution in [-0.2, 0) is 11.0 Å². The lowest BCUT2D eigenvalue weighted by molar-refractivity contribution is -0.144. The minimum atomic E-state index is -4.41. The standard InChI is InChI=1S/C26H25F3N2O4S/c1-15-22(36-23(30-15)17-8-10-20(11-9-17)26(27,28)29)24(32)31-12-4-6-19(14-31)18-5-3-7-21(13-18)35-16(2)25(33)34/h3,5,7-11,13,16,19H,4,6,12,14H2,1-2H3,(H,33,34)/t16-,19?/m0/s1. The van der Waals surface area contributed by atoms with Gasteiger partial charge in [0.2, 0.25) is 0 Å². The van der Waals surface area contributed by atoms with Gasteiger partial charge in [0.1, 0.15) is 15.6 Å². The monoisotopic (exact) mass is 518 g/mol. The summed E-state index contributed by atoms with van der Waals surface area (Å²) in [6.07, 6.45) is -3.71. The molecule has 0 bridgehead atoms. The van der Waals surface area contributed by atoms with Gasteiger partial charge in [-0.1, -0.05) is 24.3 Å². The van der Waals surface area contributed by atoms with E-state index in [1.807, 2.05) is 18.2 Å². The molecule has 1 unspecified atom stereocenters. The van der Waals surface area contributed by atoms with Gasteiger partial charge in [-0.2, -0.15) is 13.2 Å². The zero-order chi connectivity index (χ0) is 26.0. The number of rotatable bonds is 6. The number of likely N-dealkylation sites (tertiary alicyclic amines) is 1. The molecule has 4 rings (SSSR count). The van der Waals surface area contributed by atoms with Crippen molar-refractivity contribution in [3.63, 3.8) is 0 Å². The second kappa shape index (κ2) is 10.3. The summed E-state index contributed by atoms with van der Waals surface area (Å²) in [6, 6.07) is 12.0. The smallest absolute Gasteiger partial charge is 0.416 e. The summed E-state index contributed by atoms with van der Waals surface area (Å²) in [6.45, 7) is 4.27. The second-order valence-electron chi connectivity index (χ2n) is 8.77. The van der Waals surface area contributed by atoms with E-state index < -0.39 is 23.8 Å². The predicted octanol–water partition coefficient (Wildman–Crippen LogP) is 6.01. The quantitative estimate of drug-likeness (QED) is 0.432. The highest BCUT2D eigenvalue weighted by Gasteiger charge is 2.31. The summed E-state index contributed by atoms with van der Waals surface area (Å²) in [5, 5.41) is 9.58. The first-order valence-electron chi connectivity index (χ1n) is 11.5. The molecule has 1 fully saturated rings. The minimum Gasteiger partial charge on any atom is -0.479 e. The Bertz CT molecular complexity index is 1260. The number of nitrogens with zero attached hydrogens (tertiary/aromatic N) is 2. The third-order valence-corrected chi connectivity index (χ3v) is 7.34. The van der Waals surface area contributed by atoms with Gasteiger partial charge in [0.05, 0.1) is 11.3 Å². The van der Waals surface area contributed by atoms with Crippen molar-refractivity contribution in [2.24, 2.45) is 0 Å². The number of carbonyl (C=O) groups excluding carboxylic acids is 1. The highest BCUT2D eigenvalue weighted by Crippen LogP contribution is 2.35. The molecule has 36 heavy (non-hydrogen) atoms. The summed E-state index contributed by atoms with van der Waals surface area (Å²) in [7, 11) is 0. The zero-order valence-corrected chi connectivity index (χ0v) is 20.5. The molecule has 1 aromatic heterocycles. The van der Waals surface area contributed by atoms with Gasteiger partial charge in [0.15, 0.2) is 6.10 Å². The van der Waals surface area contributed by atoms with Crippen LogP contribution in [0.3, 0.4) is 0 Å². The highest BCUT2D eigenvalue weighted by atomic mass is 32.1. The SMILES string of the molecule is Cc1nc(-c2ccc(C(F)(F)F)cc2)sc1C(=O)N1CCCC(c2cccc(O[C@@H](C)C(=O)O)c2)C1. The first-order valence-corrected chi connectivity index (χ1v) is 12.3. The van der Waals surface area contributed by atoms with Crippen molar-refractivity contribution in [2.45, 2.75) is 44.9 Å². The molecule has 2 heterocycles. The third kappa shape index (κ3) is 5.70. The summed E-state index contributed by atoms with van der Waals surface area (Å²) < 4.78 is 44.1. The van der Waals surface area contributed by atoms with E-state index in [-0.39, 0.29) is 11.8 Å². The molecule has 0 saturated carbocycles. The molecule has 1 N–H and O–H groups in total. The van der Waals surface area contributed by atoms with Crippen LogP contribution in [0.2, 0.25) is 0 Å². The first-order chi connectivity index (χ1) is 17.0. The van der Waals surface area contributed by atoms with Crippen LogP contribution in [0.4, 0.5) is 13.2 Å². The van der Waals surface area contributed by atoms with Crippen LogP contribution in [0.25, 0.3) is 10.6 Å². The fraction of sp³-hybridized carbons (Fsp3) is 0.346. The van der Waals surface area contributed by atoms with E-state index in [9.17, 15) is 22.8 Å².